The molecule has 2 aromatic carbocycles. The van der Waals surface area contributed by atoms with Crippen LogP contribution in [-0.4, -0.2) is 13.7 Å². The van der Waals surface area contributed by atoms with Crippen LogP contribution in [-0.2, 0) is 11.3 Å². The molecule has 0 radical (unpaired) electrons. The van der Waals surface area contributed by atoms with Gasteiger partial charge in [0.2, 0.25) is 0 Å². The van der Waals surface area contributed by atoms with Crippen LogP contribution in [0.15, 0.2) is 34.8 Å². The van der Waals surface area contributed by atoms with E-state index >= 15 is 0 Å². The smallest absolute Gasteiger partial charge is 0.532 e. The molecule has 118 valence electrons. The number of halogens is 1. The summed E-state index contributed by atoms with van der Waals surface area (Å²) in [5, 5.41) is 0. The maximum atomic E-state index is 6.12. The Balaban J connectivity index is 1.66. The Morgan fingerprint density at radius 2 is 2.09 bits per heavy atom. The van der Waals surface area contributed by atoms with Crippen molar-refractivity contribution >= 4 is 28.5 Å². The highest BCUT2D eigenvalue weighted by atomic mass is 79.9. The van der Waals surface area contributed by atoms with E-state index in [9.17, 15) is 0 Å². The summed E-state index contributed by atoms with van der Waals surface area (Å²) in [6.45, 7) is 5.60. The SMILES string of the molecule is CC[C@@H]1COc2cc3c(cc21)COB(c1cc(Br)ccc1C)O3. The van der Waals surface area contributed by atoms with Gasteiger partial charge in [0.25, 0.3) is 0 Å². The van der Waals surface area contributed by atoms with Crippen LogP contribution < -0.4 is 14.9 Å². The number of hydrogen-bond donors (Lipinski definition) is 0. The Kier molecular flexibility index (Phi) is 3.86. The lowest BCUT2D eigenvalue weighted by Gasteiger charge is -2.25. The fourth-order valence-electron chi connectivity index (χ4n) is 3.24. The van der Waals surface area contributed by atoms with E-state index in [4.69, 9.17) is 14.0 Å². The second kappa shape index (κ2) is 5.88. The minimum absolute atomic E-state index is 0.374. The topological polar surface area (TPSA) is 27.7 Å². The summed E-state index contributed by atoms with van der Waals surface area (Å²) < 4.78 is 18.9. The molecule has 0 unspecified atom stereocenters. The van der Waals surface area contributed by atoms with Crippen molar-refractivity contribution < 1.29 is 14.0 Å². The van der Waals surface area contributed by atoms with Gasteiger partial charge in [-0.05, 0) is 37.1 Å². The molecular formula is C18H18BBrO3. The van der Waals surface area contributed by atoms with Crippen LogP contribution in [0.2, 0.25) is 0 Å². The fourth-order valence-corrected chi connectivity index (χ4v) is 3.62. The molecule has 0 N–H and O–H groups in total. The summed E-state index contributed by atoms with van der Waals surface area (Å²) in [6.07, 6.45) is 1.09. The molecule has 1 atom stereocenters. The number of benzene rings is 2. The molecule has 5 heteroatoms. The van der Waals surface area contributed by atoms with Gasteiger partial charge in [0, 0.05) is 33.0 Å². The summed E-state index contributed by atoms with van der Waals surface area (Å²) >= 11 is 3.52. The second-order valence-electron chi connectivity index (χ2n) is 6.18. The predicted octanol–water partition coefficient (Wildman–Crippen LogP) is 3.95. The zero-order valence-electron chi connectivity index (χ0n) is 13.3. The highest BCUT2D eigenvalue weighted by Gasteiger charge is 2.33. The molecule has 0 fully saturated rings. The number of ether oxygens (including phenoxy) is 1. The monoisotopic (exact) mass is 372 g/mol. The van der Waals surface area contributed by atoms with Gasteiger partial charge in [-0.2, -0.15) is 0 Å². The van der Waals surface area contributed by atoms with E-state index < -0.39 is 0 Å². The normalized spacial score (nSPS) is 18.9. The molecule has 0 aromatic heterocycles. The van der Waals surface area contributed by atoms with Gasteiger partial charge in [-0.15, -0.1) is 0 Å². The first-order chi connectivity index (χ1) is 11.2. The molecule has 0 bridgehead atoms. The quantitative estimate of drug-likeness (QED) is 0.747. The zero-order valence-corrected chi connectivity index (χ0v) is 14.9. The van der Waals surface area contributed by atoms with Gasteiger partial charge < -0.3 is 14.0 Å². The summed E-state index contributed by atoms with van der Waals surface area (Å²) in [4.78, 5) is 0. The lowest BCUT2D eigenvalue weighted by Crippen LogP contribution is -2.43. The molecule has 2 heterocycles. The van der Waals surface area contributed by atoms with Gasteiger partial charge in [0.05, 0.1) is 13.2 Å². The second-order valence-corrected chi connectivity index (χ2v) is 7.09. The fraction of sp³-hybridized carbons (Fsp3) is 0.333. The van der Waals surface area contributed by atoms with E-state index in [1.165, 1.54) is 5.56 Å². The Bertz CT molecular complexity index is 762. The standard InChI is InChI=1S/C18H18BBrO3/c1-3-12-9-21-18-8-17-13(6-15(12)18)10-22-19(23-17)16-7-14(20)5-4-11(16)2/h4-8,12H,3,9-10H2,1-2H3/t12-/m1/s1. The van der Waals surface area contributed by atoms with Gasteiger partial charge in [-0.25, -0.2) is 0 Å². The number of fused-ring (bicyclic) bond motifs is 2. The maximum absolute atomic E-state index is 6.12. The first kappa shape index (κ1) is 15.1. The number of hydrogen-bond acceptors (Lipinski definition) is 3. The van der Waals surface area contributed by atoms with E-state index in [-0.39, 0.29) is 7.12 Å². The Morgan fingerprint density at radius 3 is 2.91 bits per heavy atom. The van der Waals surface area contributed by atoms with Crippen LogP contribution in [0.3, 0.4) is 0 Å². The lowest BCUT2D eigenvalue weighted by molar-refractivity contribution is 0.237. The van der Waals surface area contributed by atoms with Gasteiger partial charge in [0.15, 0.2) is 0 Å². The van der Waals surface area contributed by atoms with Crippen molar-refractivity contribution in [3.05, 3.63) is 51.5 Å². The van der Waals surface area contributed by atoms with E-state index in [2.05, 4.69) is 48.0 Å². The minimum atomic E-state index is -0.374. The molecule has 0 saturated carbocycles. The average Bonchev–Trinajstić information content (AvgIpc) is 2.96. The third-order valence-corrected chi connectivity index (χ3v) is 5.18. The Morgan fingerprint density at radius 1 is 1.22 bits per heavy atom. The van der Waals surface area contributed by atoms with Crippen molar-refractivity contribution in [2.75, 3.05) is 6.61 Å². The molecule has 0 saturated heterocycles. The molecule has 2 aromatic rings. The highest BCUT2D eigenvalue weighted by Crippen LogP contribution is 2.41. The Hall–Kier alpha value is -1.46. The first-order valence-corrected chi connectivity index (χ1v) is 8.79. The summed E-state index contributed by atoms with van der Waals surface area (Å²) in [5.41, 5.74) is 4.61. The molecular weight excluding hydrogens is 355 g/mol. The molecule has 2 aliphatic heterocycles. The van der Waals surface area contributed by atoms with Crippen molar-refractivity contribution in [2.24, 2.45) is 0 Å². The molecule has 0 spiro atoms. The third-order valence-electron chi connectivity index (χ3n) is 4.69. The van der Waals surface area contributed by atoms with Gasteiger partial charge in [-0.3, -0.25) is 0 Å². The molecule has 23 heavy (non-hydrogen) atoms. The van der Waals surface area contributed by atoms with Crippen molar-refractivity contribution in [1.29, 1.82) is 0 Å². The van der Waals surface area contributed by atoms with E-state index in [1.807, 2.05) is 12.1 Å². The van der Waals surface area contributed by atoms with Crippen molar-refractivity contribution in [1.82, 2.24) is 0 Å². The van der Waals surface area contributed by atoms with Crippen molar-refractivity contribution in [3.63, 3.8) is 0 Å². The van der Waals surface area contributed by atoms with Gasteiger partial charge in [0.1, 0.15) is 11.5 Å². The van der Waals surface area contributed by atoms with Crippen molar-refractivity contribution in [3.8, 4) is 11.5 Å². The molecule has 2 aliphatic rings. The largest absolute Gasteiger partial charge is 0.563 e. The van der Waals surface area contributed by atoms with Gasteiger partial charge in [-0.1, -0.05) is 28.9 Å². The predicted molar refractivity (Wildman–Crippen MR) is 94.7 cm³/mol. The summed E-state index contributed by atoms with van der Waals surface area (Å²) in [5.74, 6) is 2.32. The van der Waals surface area contributed by atoms with Crippen LogP contribution in [0.1, 0.15) is 36.0 Å². The van der Waals surface area contributed by atoms with E-state index in [0.717, 1.165) is 45.6 Å². The summed E-state index contributed by atoms with van der Waals surface area (Å²) in [7, 11) is -0.374. The Labute approximate surface area is 145 Å². The van der Waals surface area contributed by atoms with Crippen LogP contribution in [0.25, 0.3) is 0 Å². The average molecular weight is 373 g/mol. The van der Waals surface area contributed by atoms with Crippen LogP contribution >= 0.6 is 15.9 Å². The zero-order chi connectivity index (χ0) is 16.0. The van der Waals surface area contributed by atoms with E-state index in [1.54, 1.807) is 0 Å². The third kappa shape index (κ3) is 2.66. The number of aryl methyl sites for hydroxylation is 1. The molecule has 0 aliphatic carbocycles. The van der Waals surface area contributed by atoms with Crippen LogP contribution in [0.4, 0.5) is 0 Å². The highest BCUT2D eigenvalue weighted by molar-refractivity contribution is 9.10. The van der Waals surface area contributed by atoms with Crippen LogP contribution in [0, 0.1) is 6.92 Å². The number of rotatable bonds is 2. The molecule has 4 rings (SSSR count). The maximum Gasteiger partial charge on any atom is 0.563 e. The summed E-state index contributed by atoms with van der Waals surface area (Å²) in [6, 6.07) is 10.4. The molecule has 3 nitrogen and oxygen atoms in total. The van der Waals surface area contributed by atoms with E-state index in [0.29, 0.717) is 12.5 Å². The van der Waals surface area contributed by atoms with Crippen molar-refractivity contribution in [2.45, 2.75) is 32.8 Å². The van der Waals surface area contributed by atoms with Gasteiger partial charge >= 0.3 is 7.12 Å². The minimum Gasteiger partial charge on any atom is -0.532 e. The lowest BCUT2D eigenvalue weighted by atomic mass is 9.75. The first-order valence-electron chi connectivity index (χ1n) is 7.99. The molecule has 0 amide bonds. The van der Waals surface area contributed by atoms with Crippen LogP contribution in [0.5, 0.6) is 11.5 Å².